The lowest BCUT2D eigenvalue weighted by atomic mass is 9.91. The molecule has 1 aliphatic rings. The molecular formula is C13H16Br2O3S2. The maximum absolute atomic E-state index is 12.4. The number of carbonyl (C=O) groups is 1. The van der Waals surface area contributed by atoms with Gasteiger partial charge in [0.25, 0.3) is 0 Å². The summed E-state index contributed by atoms with van der Waals surface area (Å²) in [5.74, 6) is -0.274. The second kappa shape index (κ2) is 6.58. The Kier molecular flexibility index (Phi) is 5.48. The van der Waals surface area contributed by atoms with E-state index in [0.29, 0.717) is 28.1 Å². The second-order valence-electron chi connectivity index (χ2n) is 5.36. The average molecular weight is 444 g/mol. The third-order valence-electron chi connectivity index (χ3n) is 3.69. The van der Waals surface area contributed by atoms with Gasteiger partial charge < -0.3 is 0 Å². The van der Waals surface area contributed by atoms with Crippen molar-refractivity contribution in [2.24, 2.45) is 5.92 Å². The SMILES string of the molecule is CC1CCCC(S(=O)(=O)CC(=O)c2cc(Br)sc2Br)C1. The quantitative estimate of drug-likeness (QED) is 0.646. The molecule has 1 aromatic heterocycles. The molecule has 0 spiro atoms. The lowest BCUT2D eigenvalue weighted by Gasteiger charge is -2.26. The van der Waals surface area contributed by atoms with Gasteiger partial charge in [-0.25, -0.2) is 8.42 Å². The predicted molar refractivity (Wildman–Crippen MR) is 89.3 cm³/mol. The molecule has 3 nitrogen and oxygen atoms in total. The van der Waals surface area contributed by atoms with Crippen LogP contribution in [0.25, 0.3) is 0 Å². The van der Waals surface area contributed by atoms with Crippen LogP contribution in [0.15, 0.2) is 13.6 Å². The van der Waals surface area contributed by atoms with Crippen LogP contribution in [-0.4, -0.2) is 25.2 Å². The number of ketones is 1. The van der Waals surface area contributed by atoms with E-state index in [1.54, 1.807) is 6.07 Å². The average Bonchev–Trinajstić information content (AvgIpc) is 2.68. The molecular weight excluding hydrogens is 428 g/mol. The molecule has 1 heterocycles. The molecule has 7 heteroatoms. The van der Waals surface area contributed by atoms with Crippen molar-refractivity contribution in [2.75, 3.05) is 5.75 Å². The summed E-state index contributed by atoms with van der Waals surface area (Å²) in [5.41, 5.74) is 0.453. The fourth-order valence-electron chi connectivity index (χ4n) is 2.61. The van der Waals surface area contributed by atoms with E-state index in [2.05, 4.69) is 38.8 Å². The Bertz CT molecular complexity index is 607. The molecule has 2 unspecified atom stereocenters. The van der Waals surface area contributed by atoms with E-state index < -0.39 is 9.84 Å². The Labute approximate surface area is 140 Å². The van der Waals surface area contributed by atoms with Gasteiger partial charge in [-0.1, -0.05) is 19.8 Å². The van der Waals surface area contributed by atoms with Crippen molar-refractivity contribution in [3.63, 3.8) is 0 Å². The van der Waals surface area contributed by atoms with E-state index in [1.165, 1.54) is 11.3 Å². The molecule has 0 N–H and O–H groups in total. The number of Topliss-reactive ketones (excluding diaryl/α,β-unsaturated/α-hetero) is 1. The molecule has 1 fully saturated rings. The van der Waals surface area contributed by atoms with Crippen LogP contribution in [-0.2, 0) is 9.84 Å². The maximum Gasteiger partial charge on any atom is 0.179 e. The van der Waals surface area contributed by atoms with E-state index in [-0.39, 0.29) is 16.8 Å². The zero-order valence-corrected chi connectivity index (χ0v) is 15.9. The van der Waals surface area contributed by atoms with Crippen molar-refractivity contribution in [1.82, 2.24) is 0 Å². The van der Waals surface area contributed by atoms with Gasteiger partial charge in [-0.05, 0) is 56.7 Å². The molecule has 1 aliphatic carbocycles. The van der Waals surface area contributed by atoms with Gasteiger partial charge in [0.05, 0.1) is 12.8 Å². The molecule has 0 saturated heterocycles. The van der Waals surface area contributed by atoms with Crippen LogP contribution >= 0.6 is 43.2 Å². The largest absolute Gasteiger partial charge is 0.293 e. The number of carbonyl (C=O) groups excluding carboxylic acids is 1. The van der Waals surface area contributed by atoms with Gasteiger partial charge in [0.2, 0.25) is 0 Å². The summed E-state index contributed by atoms with van der Waals surface area (Å²) < 4.78 is 26.3. The summed E-state index contributed by atoms with van der Waals surface area (Å²) in [6.07, 6.45) is 3.40. The fourth-order valence-corrected chi connectivity index (χ4v) is 7.37. The fraction of sp³-hybridized carbons (Fsp3) is 0.615. The van der Waals surface area contributed by atoms with Crippen molar-refractivity contribution >= 4 is 58.8 Å². The molecule has 1 saturated carbocycles. The standard InChI is InChI=1S/C13H16Br2O3S2/c1-8-3-2-4-9(5-8)20(17,18)7-11(16)10-6-12(14)19-13(10)15/h6,8-9H,2-5,7H2,1H3. The van der Waals surface area contributed by atoms with E-state index in [9.17, 15) is 13.2 Å². The topological polar surface area (TPSA) is 51.2 Å². The molecule has 0 amide bonds. The highest BCUT2D eigenvalue weighted by atomic mass is 79.9. The van der Waals surface area contributed by atoms with E-state index >= 15 is 0 Å². The molecule has 20 heavy (non-hydrogen) atoms. The van der Waals surface area contributed by atoms with Gasteiger partial charge in [0.15, 0.2) is 15.6 Å². The number of halogens is 2. The third-order valence-corrected chi connectivity index (χ3v) is 8.13. The number of hydrogen-bond donors (Lipinski definition) is 0. The van der Waals surface area contributed by atoms with E-state index in [4.69, 9.17) is 0 Å². The Hall–Kier alpha value is 0.280. The normalized spacial score (nSPS) is 23.8. The van der Waals surface area contributed by atoms with Gasteiger partial charge in [-0.3, -0.25) is 4.79 Å². The summed E-state index contributed by atoms with van der Waals surface area (Å²) in [4.78, 5) is 12.2. The van der Waals surface area contributed by atoms with Crippen LogP contribution in [0.1, 0.15) is 43.0 Å². The first-order valence-electron chi connectivity index (χ1n) is 6.49. The summed E-state index contributed by atoms with van der Waals surface area (Å²) >= 11 is 7.98. The zero-order chi connectivity index (χ0) is 14.9. The first-order valence-corrected chi connectivity index (χ1v) is 10.6. The number of sulfone groups is 1. The Balaban J connectivity index is 2.12. The smallest absolute Gasteiger partial charge is 0.179 e. The lowest BCUT2D eigenvalue weighted by Crippen LogP contribution is -2.32. The van der Waals surface area contributed by atoms with Crippen molar-refractivity contribution in [1.29, 1.82) is 0 Å². The van der Waals surface area contributed by atoms with Crippen LogP contribution < -0.4 is 0 Å². The van der Waals surface area contributed by atoms with Crippen molar-refractivity contribution < 1.29 is 13.2 Å². The Morgan fingerprint density at radius 2 is 2.10 bits per heavy atom. The van der Waals surface area contributed by atoms with Crippen molar-refractivity contribution in [3.8, 4) is 0 Å². The first kappa shape index (κ1) is 16.6. The highest BCUT2D eigenvalue weighted by Gasteiger charge is 2.32. The van der Waals surface area contributed by atoms with Gasteiger partial charge in [0, 0.05) is 5.56 Å². The number of rotatable bonds is 4. The minimum atomic E-state index is -3.35. The lowest BCUT2D eigenvalue weighted by molar-refractivity contribution is 0.102. The van der Waals surface area contributed by atoms with Crippen LogP contribution in [0.2, 0.25) is 0 Å². The second-order valence-corrected chi connectivity index (χ2v) is 11.4. The summed E-state index contributed by atoms with van der Waals surface area (Å²) in [6.45, 7) is 2.08. The van der Waals surface area contributed by atoms with Crippen LogP contribution in [0.4, 0.5) is 0 Å². The monoisotopic (exact) mass is 442 g/mol. The van der Waals surface area contributed by atoms with Crippen molar-refractivity contribution in [3.05, 3.63) is 19.2 Å². The minimum Gasteiger partial charge on any atom is -0.293 e. The van der Waals surface area contributed by atoms with E-state index in [0.717, 1.165) is 16.6 Å². The highest BCUT2D eigenvalue weighted by Crippen LogP contribution is 2.33. The van der Waals surface area contributed by atoms with Gasteiger partial charge in [0.1, 0.15) is 5.75 Å². The number of thiophene rings is 1. The summed E-state index contributed by atoms with van der Waals surface area (Å²) in [6, 6.07) is 1.68. The number of hydrogen-bond acceptors (Lipinski definition) is 4. The van der Waals surface area contributed by atoms with Gasteiger partial charge in [-0.15, -0.1) is 11.3 Å². The van der Waals surface area contributed by atoms with Crippen molar-refractivity contribution in [2.45, 2.75) is 37.9 Å². The van der Waals surface area contributed by atoms with E-state index in [1.807, 2.05) is 0 Å². The Morgan fingerprint density at radius 1 is 1.40 bits per heavy atom. The first-order chi connectivity index (χ1) is 9.29. The Morgan fingerprint density at radius 3 is 2.65 bits per heavy atom. The van der Waals surface area contributed by atoms with Crippen LogP contribution in [0, 0.1) is 5.92 Å². The minimum absolute atomic E-state index is 0.322. The molecule has 0 bridgehead atoms. The van der Waals surface area contributed by atoms with Crippen LogP contribution in [0.5, 0.6) is 0 Å². The molecule has 0 aliphatic heterocycles. The maximum atomic E-state index is 12.4. The molecule has 0 aromatic carbocycles. The predicted octanol–water partition coefficient (Wildman–Crippen LogP) is 4.45. The summed E-state index contributed by atoms with van der Waals surface area (Å²) in [5, 5.41) is -0.351. The van der Waals surface area contributed by atoms with Gasteiger partial charge >= 0.3 is 0 Å². The molecule has 2 rings (SSSR count). The zero-order valence-electron chi connectivity index (χ0n) is 11.1. The van der Waals surface area contributed by atoms with Gasteiger partial charge in [-0.2, -0.15) is 0 Å². The molecule has 0 radical (unpaired) electrons. The molecule has 2 atom stereocenters. The molecule has 112 valence electrons. The third kappa shape index (κ3) is 3.93. The highest BCUT2D eigenvalue weighted by molar-refractivity contribution is 9.12. The molecule has 1 aromatic rings. The summed E-state index contributed by atoms with van der Waals surface area (Å²) in [7, 11) is -3.35. The van der Waals surface area contributed by atoms with Crippen LogP contribution in [0.3, 0.4) is 0 Å².